The van der Waals surface area contributed by atoms with Crippen molar-refractivity contribution < 1.29 is 35.8 Å². The molecule has 2 fully saturated rings. The molecule has 13 heteroatoms. The van der Waals surface area contributed by atoms with E-state index in [2.05, 4.69) is 20.4 Å². The summed E-state index contributed by atoms with van der Waals surface area (Å²) in [6.07, 6.45) is -4.95. The summed E-state index contributed by atoms with van der Waals surface area (Å²) >= 11 is 0. The summed E-state index contributed by atoms with van der Waals surface area (Å²) in [6, 6.07) is 9.66. The molecular formula is C32H36F6N5O2+. The number of nitroso groups, excluding NO2 is 1. The van der Waals surface area contributed by atoms with Crippen LogP contribution in [0, 0.1) is 4.91 Å². The van der Waals surface area contributed by atoms with Gasteiger partial charge in [-0.25, -0.2) is 0 Å². The fraction of sp³-hybridized carbons (Fsp3) is 0.500. The average molecular weight is 637 g/mol. The van der Waals surface area contributed by atoms with Crippen molar-refractivity contribution in [3.8, 4) is 0 Å². The molecule has 6 rings (SSSR count). The second-order valence-electron chi connectivity index (χ2n) is 12.0. The summed E-state index contributed by atoms with van der Waals surface area (Å²) in [5.41, 5.74) is -1.85. The maximum atomic E-state index is 14.4. The van der Waals surface area contributed by atoms with Crippen LogP contribution in [-0.2, 0) is 23.5 Å². The summed E-state index contributed by atoms with van der Waals surface area (Å²) in [4.78, 5) is 19.1. The SMILES string of the molecule is O=[N+]1C(c2ccccc2)=CC(N2CCC(N3CCCC3)CC2)OC2=C(CNCN2)C1Cc1cc(C(F)(F)F)cc(C(F)(F)F)c1. The Labute approximate surface area is 257 Å². The third kappa shape index (κ3) is 7.05. The number of piperidine rings is 1. The van der Waals surface area contributed by atoms with Crippen molar-refractivity contribution in [2.24, 2.45) is 0 Å². The van der Waals surface area contributed by atoms with Gasteiger partial charge in [0.2, 0.25) is 6.04 Å². The van der Waals surface area contributed by atoms with E-state index < -0.39 is 42.2 Å². The predicted molar refractivity (Wildman–Crippen MR) is 155 cm³/mol. The second-order valence-corrected chi connectivity index (χ2v) is 12.0. The second kappa shape index (κ2) is 12.8. The largest absolute Gasteiger partial charge is 0.456 e. The van der Waals surface area contributed by atoms with Gasteiger partial charge in [0.1, 0.15) is 0 Å². The molecule has 45 heavy (non-hydrogen) atoms. The van der Waals surface area contributed by atoms with Crippen LogP contribution in [0.25, 0.3) is 5.70 Å². The molecule has 2 saturated heterocycles. The average Bonchev–Trinajstić information content (AvgIpc) is 3.56. The highest BCUT2D eigenvalue weighted by atomic mass is 19.4. The molecule has 0 bridgehead atoms. The Morgan fingerprint density at radius 1 is 0.867 bits per heavy atom. The lowest BCUT2D eigenvalue weighted by molar-refractivity contribution is -0.489. The van der Waals surface area contributed by atoms with Crippen LogP contribution in [0.3, 0.4) is 0 Å². The number of benzene rings is 2. The summed E-state index contributed by atoms with van der Waals surface area (Å²) in [5.74, 6) is 0.317. The van der Waals surface area contributed by atoms with Gasteiger partial charge in [-0.15, -0.1) is 0 Å². The standard InChI is InChI=1S/C32H36F6N5O2/c33-31(34,35)23-14-21(15-24(17-23)32(36,37)38)16-28-26-19-39-20-40-30(26)45-29(18-27(43(28)44)22-6-2-1-3-7-22)42-12-8-25(9-13-42)41-10-4-5-11-41/h1-3,6-7,14-15,17-18,25,28-29,39-40H,4-5,8-13,16,19-20H2/q+1. The first-order chi connectivity index (χ1) is 21.5. The van der Waals surface area contributed by atoms with Crippen molar-refractivity contribution in [2.75, 3.05) is 39.4 Å². The van der Waals surface area contributed by atoms with Gasteiger partial charge in [-0.2, -0.15) is 26.3 Å². The first-order valence-corrected chi connectivity index (χ1v) is 15.3. The minimum absolute atomic E-state index is 0.0981. The molecule has 2 aromatic rings. The number of halogens is 6. The molecule has 2 N–H and O–H groups in total. The number of ether oxygens (including phenoxy) is 1. The van der Waals surface area contributed by atoms with E-state index in [9.17, 15) is 31.2 Å². The van der Waals surface area contributed by atoms with E-state index in [1.54, 1.807) is 36.4 Å². The van der Waals surface area contributed by atoms with E-state index in [1.165, 1.54) is 12.8 Å². The van der Waals surface area contributed by atoms with Crippen LogP contribution >= 0.6 is 0 Å². The number of hydrogen-bond acceptors (Lipinski definition) is 6. The van der Waals surface area contributed by atoms with Gasteiger partial charge in [0.05, 0.1) is 28.9 Å². The van der Waals surface area contributed by atoms with E-state index >= 15 is 0 Å². The maximum Gasteiger partial charge on any atom is 0.416 e. The van der Waals surface area contributed by atoms with Crippen molar-refractivity contribution in [1.29, 1.82) is 0 Å². The van der Waals surface area contributed by atoms with Gasteiger partial charge >= 0.3 is 12.4 Å². The molecule has 0 aliphatic carbocycles. The Balaban J connectivity index is 1.37. The molecule has 4 aliphatic heterocycles. The molecule has 0 aromatic heterocycles. The number of hydrogen-bond donors (Lipinski definition) is 2. The van der Waals surface area contributed by atoms with Crippen molar-refractivity contribution in [2.45, 2.75) is 62.8 Å². The smallest absolute Gasteiger partial charge is 0.416 e. The monoisotopic (exact) mass is 636 g/mol. The quantitative estimate of drug-likeness (QED) is 0.323. The maximum absolute atomic E-state index is 14.4. The van der Waals surface area contributed by atoms with Crippen LogP contribution in [0.15, 0.2) is 66.1 Å². The highest BCUT2D eigenvalue weighted by Gasteiger charge is 2.43. The predicted octanol–water partition coefficient (Wildman–Crippen LogP) is 5.73. The van der Waals surface area contributed by atoms with Crippen molar-refractivity contribution in [3.05, 3.63) is 93.2 Å². The van der Waals surface area contributed by atoms with Gasteiger partial charge in [0.25, 0.3) is 5.70 Å². The number of nitrogens with zero attached hydrogens (tertiary/aromatic N) is 3. The van der Waals surface area contributed by atoms with Gasteiger partial charge in [0, 0.05) is 47.8 Å². The molecule has 0 amide bonds. The topological polar surface area (TPSA) is 59.9 Å². The normalized spacial score (nSPS) is 24.4. The summed E-state index contributed by atoms with van der Waals surface area (Å²) in [7, 11) is 0. The Morgan fingerprint density at radius 2 is 1.51 bits per heavy atom. The zero-order valence-corrected chi connectivity index (χ0v) is 24.6. The Kier molecular flexibility index (Phi) is 8.95. The molecule has 2 unspecified atom stereocenters. The van der Waals surface area contributed by atoms with E-state index in [-0.39, 0.29) is 23.9 Å². The molecule has 0 radical (unpaired) electrons. The van der Waals surface area contributed by atoms with Gasteiger partial charge in [-0.1, -0.05) is 18.2 Å². The van der Waals surface area contributed by atoms with Crippen LogP contribution in [-0.4, -0.2) is 72.3 Å². The lowest BCUT2D eigenvalue weighted by Crippen LogP contribution is -2.51. The number of likely N-dealkylation sites (tertiary alicyclic amines) is 2. The fourth-order valence-corrected chi connectivity index (χ4v) is 6.78. The van der Waals surface area contributed by atoms with Crippen molar-refractivity contribution >= 4 is 5.70 Å². The van der Waals surface area contributed by atoms with E-state index in [0.29, 0.717) is 41.9 Å². The number of alkyl halides is 6. The van der Waals surface area contributed by atoms with Gasteiger partial charge < -0.3 is 15.0 Å². The van der Waals surface area contributed by atoms with Gasteiger partial charge in [0.15, 0.2) is 12.1 Å². The van der Waals surface area contributed by atoms with Crippen molar-refractivity contribution in [3.63, 3.8) is 0 Å². The van der Waals surface area contributed by atoms with E-state index in [1.807, 2.05) is 0 Å². The molecule has 242 valence electrons. The van der Waals surface area contributed by atoms with Crippen LogP contribution in [0.2, 0.25) is 0 Å². The van der Waals surface area contributed by atoms with Crippen LogP contribution < -0.4 is 10.6 Å². The molecule has 4 aliphatic rings. The summed E-state index contributed by atoms with van der Waals surface area (Å²) in [5, 5.41) is 6.24. The molecule has 2 atom stereocenters. The van der Waals surface area contributed by atoms with E-state index in [4.69, 9.17) is 4.74 Å². The highest BCUT2D eigenvalue weighted by molar-refractivity contribution is 5.59. The summed E-state index contributed by atoms with van der Waals surface area (Å²) < 4.78 is 89.4. The van der Waals surface area contributed by atoms with Crippen molar-refractivity contribution in [1.82, 2.24) is 20.4 Å². The highest BCUT2D eigenvalue weighted by Crippen LogP contribution is 2.38. The lowest BCUT2D eigenvalue weighted by atomic mass is 9.93. The van der Waals surface area contributed by atoms with Gasteiger partial charge in [-0.05, 0) is 74.7 Å². The molecule has 2 aromatic carbocycles. The minimum atomic E-state index is -5.00. The fourth-order valence-electron chi connectivity index (χ4n) is 6.78. The van der Waals surface area contributed by atoms with Gasteiger partial charge in [-0.3, -0.25) is 10.2 Å². The number of nitrogens with one attached hydrogen (secondary N) is 2. The molecule has 4 heterocycles. The number of rotatable bonds is 5. The third-order valence-electron chi connectivity index (χ3n) is 9.10. The Morgan fingerprint density at radius 3 is 2.13 bits per heavy atom. The summed E-state index contributed by atoms with van der Waals surface area (Å²) in [6.45, 7) is 4.21. The van der Waals surface area contributed by atoms with Crippen LogP contribution in [0.1, 0.15) is 47.9 Å². The third-order valence-corrected chi connectivity index (χ3v) is 9.10. The Bertz CT molecular complexity index is 1410. The first kappa shape index (κ1) is 31.6. The minimum Gasteiger partial charge on any atom is -0.456 e. The first-order valence-electron chi connectivity index (χ1n) is 15.3. The molecule has 0 saturated carbocycles. The lowest BCUT2D eigenvalue weighted by Gasteiger charge is -2.40. The molecule has 0 spiro atoms. The zero-order valence-electron chi connectivity index (χ0n) is 24.6. The molecule has 7 nitrogen and oxygen atoms in total. The zero-order chi connectivity index (χ0) is 31.8. The van der Waals surface area contributed by atoms with E-state index in [0.717, 1.165) is 43.8 Å². The van der Waals surface area contributed by atoms with Crippen LogP contribution in [0.4, 0.5) is 26.3 Å². The Hall–Kier alpha value is -3.42. The van der Waals surface area contributed by atoms with Crippen LogP contribution in [0.5, 0.6) is 0 Å². The molecular weight excluding hydrogens is 600 g/mol.